The summed E-state index contributed by atoms with van der Waals surface area (Å²) in [6.07, 6.45) is 6.46. The lowest BCUT2D eigenvalue weighted by Gasteiger charge is -2.33. The highest BCUT2D eigenvalue weighted by Crippen LogP contribution is 2.17. The van der Waals surface area contributed by atoms with Crippen LogP contribution in [0.4, 0.5) is 0 Å². The lowest BCUT2D eigenvalue weighted by atomic mass is 10.0. The Bertz CT molecular complexity index is 534. The Balaban J connectivity index is 1.72. The summed E-state index contributed by atoms with van der Waals surface area (Å²) in [6.45, 7) is 9.38. The van der Waals surface area contributed by atoms with E-state index < -0.39 is 0 Å². The van der Waals surface area contributed by atoms with Crippen molar-refractivity contribution in [2.24, 2.45) is 4.99 Å². The van der Waals surface area contributed by atoms with Gasteiger partial charge in [0.05, 0.1) is 13.2 Å². The van der Waals surface area contributed by atoms with E-state index in [9.17, 15) is 5.11 Å². The van der Waals surface area contributed by atoms with E-state index in [1.165, 1.54) is 38.8 Å². The Kier molecular flexibility index (Phi) is 10.2. The van der Waals surface area contributed by atoms with E-state index in [-0.39, 0.29) is 12.5 Å². The fraction of sp³-hybridized carbons (Fsp3) is 0.682. The summed E-state index contributed by atoms with van der Waals surface area (Å²) in [5, 5.41) is 16.4. The molecule has 0 bridgehead atoms. The molecule has 0 spiro atoms. The number of hydrogen-bond donors (Lipinski definition) is 3. The standard InChI is InChI=1S/C22H38N4O/c1-3-23-22(25-17-21(18-27)20-12-5-4-6-13-20)24-14-8-10-16-26-15-9-7-11-19(26)2/h4-6,12-13,19,21,27H,3,7-11,14-18H2,1-2H3,(H2,23,24,25). The third-order valence-corrected chi connectivity index (χ3v) is 5.41. The Hall–Kier alpha value is -1.59. The van der Waals surface area contributed by atoms with Crippen LogP contribution in [-0.2, 0) is 0 Å². The average Bonchev–Trinajstić information content (AvgIpc) is 2.70. The van der Waals surface area contributed by atoms with Crippen LogP contribution in [0.2, 0.25) is 0 Å². The first-order valence-corrected chi connectivity index (χ1v) is 10.7. The molecule has 0 aliphatic carbocycles. The average molecular weight is 375 g/mol. The second-order valence-corrected chi connectivity index (χ2v) is 7.52. The van der Waals surface area contributed by atoms with Crippen LogP contribution in [0.3, 0.4) is 0 Å². The Morgan fingerprint density at radius 1 is 1.22 bits per heavy atom. The van der Waals surface area contributed by atoms with E-state index in [0.717, 1.165) is 37.1 Å². The Labute approximate surface area is 165 Å². The molecule has 5 heteroatoms. The Morgan fingerprint density at radius 3 is 2.74 bits per heavy atom. The van der Waals surface area contributed by atoms with Crippen molar-refractivity contribution >= 4 is 5.96 Å². The fourth-order valence-electron chi connectivity index (χ4n) is 3.67. The van der Waals surface area contributed by atoms with Gasteiger partial charge in [0.15, 0.2) is 5.96 Å². The van der Waals surface area contributed by atoms with Crippen LogP contribution in [-0.4, -0.2) is 61.3 Å². The van der Waals surface area contributed by atoms with Crippen molar-refractivity contribution in [2.45, 2.75) is 57.9 Å². The second-order valence-electron chi connectivity index (χ2n) is 7.52. The van der Waals surface area contributed by atoms with Crippen LogP contribution in [0.1, 0.15) is 57.4 Å². The van der Waals surface area contributed by atoms with Gasteiger partial charge in [0.25, 0.3) is 0 Å². The smallest absolute Gasteiger partial charge is 0.191 e. The van der Waals surface area contributed by atoms with Gasteiger partial charge in [-0.05, 0) is 58.2 Å². The highest BCUT2D eigenvalue weighted by Gasteiger charge is 2.17. The number of hydrogen-bond acceptors (Lipinski definition) is 3. The number of aliphatic hydroxyl groups is 1. The highest BCUT2D eigenvalue weighted by molar-refractivity contribution is 5.79. The van der Waals surface area contributed by atoms with Crippen LogP contribution < -0.4 is 10.6 Å². The molecule has 0 saturated carbocycles. The van der Waals surface area contributed by atoms with Crippen molar-refractivity contribution in [3.63, 3.8) is 0 Å². The number of piperidine rings is 1. The van der Waals surface area contributed by atoms with Crippen LogP contribution in [0, 0.1) is 0 Å². The zero-order valence-corrected chi connectivity index (χ0v) is 17.2. The van der Waals surface area contributed by atoms with Crippen molar-refractivity contribution in [1.82, 2.24) is 15.5 Å². The zero-order valence-electron chi connectivity index (χ0n) is 17.2. The van der Waals surface area contributed by atoms with E-state index in [1.807, 2.05) is 18.2 Å². The van der Waals surface area contributed by atoms with Crippen LogP contribution in [0.15, 0.2) is 35.3 Å². The number of benzene rings is 1. The number of likely N-dealkylation sites (tertiary alicyclic amines) is 1. The highest BCUT2D eigenvalue weighted by atomic mass is 16.3. The quantitative estimate of drug-likeness (QED) is 0.335. The summed E-state index contributed by atoms with van der Waals surface area (Å²) in [7, 11) is 0. The first-order chi connectivity index (χ1) is 13.2. The number of nitrogens with one attached hydrogen (secondary N) is 2. The molecule has 1 aromatic carbocycles. The summed E-state index contributed by atoms with van der Waals surface area (Å²) in [5.74, 6) is 0.889. The zero-order chi connectivity index (χ0) is 19.3. The van der Waals surface area contributed by atoms with Crippen LogP contribution in [0.5, 0.6) is 0 Å². The van der Waals surface area contributed by atoms with Gasteiger partial charge in [0.2, 0.25) is 0 Å². The van der Waals surface area contributed by atoms with Gasteiger partial charge in [-0.2, -0.15) is 0 Å². The largest absolute Gasteiger partial charge is 0.396 e. The van der Waals surface area contributed by atoms with Gasteiger partial charge < -0.3 is 20.6 Å². The molecule has 2 unspecified atom stereocenters. The van der Waals surface area contributed by atoms with E-state index >= 15 is 0 Å². The predicted molar refractivity (Wildman–Crippen MR) is 114 cm³/mol. The summed E-state index contributed by atoms with van der Waals surface area (Å²) < 4.78 is 0. The van der Waals surface area contributed by atoms with E-state index in [0.29, 0.717) is 6.54 Å². The minimum Gasteiger partial charge on any atom is -0.396 e. The molecule has 3 N–H and O–H groups in total. The molecule has 5 nitrogen and oxygen atoms in total. The predicted octanol–water partition coefficient (Wildman–Crippen LogP) is 2.97. The van der Waals surface area contributed by atoms with Crippen LogP contribution in [0.25, 0.3) is 0 Å². The minimum absolute atomic E-state index is 0.0437. The van der Waals surface area contributed by atoms with E-state index in [1.54, 1.807) is 0 Å². The first-order valence-electron chi connectivity index (χ1n) is 10.7. The van der Waals surface area contributed by atoms with Gasteiger partial charge in [-0.25, -0.2) is 0 Å². The number of aliphatic hydroxyl groups excluding tert-OH is 1. The fourth-order valence-corrected chi connectivity index (χ4v) is 3.67. The molecule has 1 aliphatic heterocycles. The van der Waals surface area contributed by atoms with Crippen LogP contribution >= 0.6 is 0 Å². The molecule has 0 amide bonds. The van der Waals surface area contributed by atoms with E-state index in [4.69, 9.17) is 0 Å². The van der Waals surface area contributed by atoms with Gasteiger partial charge in [0.1, 0.15) is 0 Å². The summed E-state index contributed by atoms with van der Waals surface area (Å²) in [6, 6.07) is 10.9. The topological polar surface area (TPSA) is 59.9 Å². The molecule has 0 radical (unpaired) electrons. The third-order valence-electron chi connectivity index (χ3n) is 5.41. The molecular formula is C22H38N4O. The summed E-state index contributed by atoms with van der Waals surface area (Å²) in [4.78, 5) is 7.32. The minimum atomic E-state index is 0.0437. The lowest BCUT2D eigenvalue weighted by molar-refractivity contribution is 0.158. The van der Waals surface area contributed by atoms with Gasteiger partial charge in [-0.1, -0.05) is 36.8 Å². The number of nitrogens with zero attached hydrogens (tertiary/aromatic N) is 2. The molecule has 1 fully saturated rings. The van der Waals surface area contributed by atoms with Gasteiger partial charge >= 0.3 is 0 Å². The monoisotopic (exact) mass is 374 g/mol. The molecular weight excluding hydrogens is 336 g/mol. The van der Waals surface area contributed by atoms with Crippen molar-refractivity contribution in [3.8, 4) is 0 Å². The summed E-state index contributed by atoms with van der Waals surface area (Å²) in [5.41, 5.74) is 1.13. The van der Waals surface area contributed by atoms with Gasteiger partial charge in [-0.15, -0.1) is 0 Å². The normalized spacial score (nSPS) is 19.7. The molecule has 2 rings (SSSR count). The molecule has 0 aromatic heterocycles. The van der Waals surface area contributed by atoms with Crippen molar-refractivity contribution < 1.29 is 5.11 Å². The molecule has 2 atom stereocenters. The number of unbranched alkanes of at least 4 members (excludes halogenated alkanes) is 1. The SMILES string of the molecule is CCNC(=NCC(CO)c1ccccc1)NCCCCN1CCCCC1C. The number of guanidine groups is 1. The van der Waals surface area contributed by atoms with Crippen molar-refractivity contribution in [1.29, 1.82) is 0 Å². The summed E-state index contributed by atoms with van der Waals surface area (Å²) >= 11 is 0. The third kappa shape index (κ3) is 7.89. The molecule has 1 heterocycles. The van der Waals surface area contributed by atoms with Crippen molar-refractivity contribution in [2.75, 3.05) is 39.3 Å². The molecule has 1 aliphatic rings. The maximum absolute atomic E-state index is 9.70. The van der Waals surface area contributed by atoms with E-state index in [2.05, 4.69) is 46.5 Å². The van der Waals surface area contributed by atoms with Gasteiger partial charge in [0, 0.05) is 25.0 Å². The second kappa shape index (κ2) is 12.7. The Morgan fingerprint density at radius 2 is 2.04 bits per heavy atom. The lowest BCUT2D eigenvalue weighted by Crippen LogP contribution is -2.39. The molecule has 152 valence electrons. The molecule has 27 heavy (non-hydrogen) atoms. The number of rotatable bonds is 10. The maximum Gasteiger partial charge on any atom is 0.191 e. The molecule has 1 saturated heterocycles. The number of aliphatic imine (C=N–C) groups is 1. The molecule has 1 aromatic rings. The van der Waals surface area contributed by atoms with Crippen molar-refractivity contribution in [3.05, 3.63) is 35.9 Å². The van der Waals surface area contributed by atoms with Gasteiger partial charge in [-0.3, -0.25) is 4.99 Å². The maximum atomic E-state index is 9.70. The first kappa shape index (κ1) is 21.7.